The Kier molecular flexibility index (Phi) is 9.78. The largest absolute Gasteiger partial charge is 0.496 e. The summed E-state index contributed by atoms with van der Waals surface area (Å²) >= 11 is 6.14. The van der Waals surface area contributed by atoms with Gasteiger partial charge in [0.15, 0.2) is 0 Å². The highest BCUT2D eigenvalue weighted by atomic mass is 35.5. The molecule has 2 atom stereocenters. The van der Waals surface area contributed by atoms with Gasteiger partial charge in [-0.1, -0.05) is 35.9 Å². The van der Waals surface area contributed by atoms with Gasteiger partial charge in [-0.3, -0.25) is 4.79 Å². The van der Waals surface area contributed by atoms with Crippen LogP contribution in [0.4, 0.5) is 14.5 Å². The number of halogens is 3. The number of nitrogens with one attached hydrogen (secondary N) is 1. The number of likely N-dealkylation sites (tertiary alicyclic amines) is 1. The summed E-state index contributed by atoms with van der Waals surface area (Å²) in [7, 11) is 3.12. The summed E-state index contributed by atoms with van der Waals surface area (Å²) in [5.41, 5.74) is 8.50. The van der Waals surface area contributed by atoms with Crippen LogP contribution in [0, 0.1) is 11.6 Å². The molecule has 0 spiro atoms. The predicted octanol–water partition coefficient (Wildman–Crippen LogP) is 5.64. The Balaban J connectivity index is 1.36. The maximum atomic E-state index is 13.5. The zero-order valence-electron chi connectivity index (χ0n) is 22.1. The molecule has 0 saturated carbocycles. The van der Waals surface area contributed by atoms with Gasteiger partial charge >= 0.3 is 0 Å². The van der Waals surface area contributed by atoms with Gasteiger partial charge in [0.2, 0.25) is 0 Å². The van der Waals surface area contributed by atoms with E-state index < -0.39 is 0 Å². The number of benzene rings is 3. The summed E-state index contributed by atoms with van der Waals surface area (Å²) in [4.78, 5) is 15.4. The van der Waals surface area contributed by atoms with E-state index in [1.165, 1.54) is 37.4 Å². The van der Waals surface area contributed by atoms with Crippen molar-refractivity contribution in [1.29, 1.82) is 0 Å². The monoisotopic (exact) mass is 557 g/mol. The van der Waals surface area contributed by atoms with Crippen LogP contribution in [0.25, 0.3) is 0 Å². The van der Waals surface area contributed by atoms with Gasteiger partial charge < -0.3 is 25.4 Å². The minimum absolute atomic E-state index is 0.0305. The fourth-order valence-electron chi connectivity index (χ4n) is 5.18. The van der Waals surface area contributed by atoms with Crippen LogP contribution in [0.3, 0.4) is 0 Å². The highest BCUT2D eigenvalue weighted by molar-refractivity contribution is 6.33. The van der Waals surface area contributed by atoms with Crippen molar-refractivity contribution in [1.82, 2.24) is 10.2 Å². The molecule has 0 bridgehead atoms. The number of anilines is 1. The van der Waals surface area contributed by atoms with Crippen molar-refractivity contribution in [2.75, 3.05) is 39.6 Å². The van der Waals surface area contributed by atoms with Crippen molar-refractivity contribution in [2.24, 2.45) is 0 Å². The van der Waals surface area contributed by atoms with Gasteiger partial charge in [-0.25, -0.2) is 8.78 Å². The van der Waals surface area contributed by atoms with Gasteiger partial charge in [0, 0.05) is 32.2 Å². The van der Waals surface area contributed by atoms with Crippen molar-refractivity contribution in [3.8, 4) is 5.75 Å². The molecular formula is C30H34ClF2N3O3. The van der Waals surface area contributed by atoms with Gasteiger partial charge in [-0.15, -0.1) is 0 Å². The molecule has 0 aromatic heterocycles. The summed E-state index contributed by atoms with van der Waals surface area (Å²) in [6, 6.07) is 15.9. The van der Waals surface area contributed by atoms with Crippen LogP contribution in [-0.2, 0) is 4.74 Å². The van der Waals surface area contributed by atoms with Crippen molar-refractivity contribution in [2.45, 2.75) is 37.3 Å². The van der Waals surface area contributed by atoms with Crippen LogP contribution in [-0.4, -0.2) is 56.8 Å². The molecule has 1 saturated heterocycles. The molecule has 3 N–H and O–H groups in total. The minimum Gasteiger partial charge on any atom is -0.496 e. The Labute approximate surface area is 233 Å². The maximum Gasteiger partial charge on any atom is 0.255 e. The summed E-state index contributed by atoms with van der Waals surface area (Å²) < 4.78 is 38.2. The lowest BCUT2D eigenvalue weighted by atomic mass is 9.87. The summed E-state index contributed by atoms with van der Waals surface area (Å²) in [6.45, 7) is 2.29. The number of rotatable bonds is 10. The van der Waals surface area contributed by atoms with E-state index in [2.05, 4.69) is 10.2 Å². The highest BCUT2D eigenvalue weighted by Gasteiger charge is 2.31. The summed E-state index contributed by atoms with van der Waals surface area (Å²) in [5.74, 6) is -0.471. The number of carbonyl (C=O) groups excluding carboxylic acids is 1. The third-order valence-corrected chi connectivity index (χ3v) is 7.67. The predicted molar refractivity (Wildman–Crippen MR) is 149 cm³/mol. The van der Waals surface area contributed by atoms with Gasteiger partial charge in [-0.05, 0) is 67.3 Å². The number of nitrogen functional groups attached to an aromatic ring is 1. The Morgan fingerprint density at radius 2 is 1.69 bits per heavy atom. The van der Waals surface area contributed by atoms with Crippen LogP contribution < -0.4 is 15.8 Å². The van der Waals surface area contributed by atoms with Crippen molar-refractivity contribution in [3.05, 3.63) is 94.0 Å². The van der Waals surface area contributed by atoms with Gasteiger partial charge in [-0.2, -0.15) is 0 Å². The number of nitrogens with two attached hydrogens (primary N) is 1. The molecule has 1 heterocycles. The zero-order valence-corrected chi connectivity index (χ0v) is 22.9. The lowest BCUT2D eigenvalue weighted by Gasteiger charge is -2.38. The molecule has 3 aromatic carbocycles. The normalized spacial score (nSPS) is 17.8. The Hall–Kier alpha value is -3.20. The molecule has 0 unspecified atom stereocenters. The standard InChI is InChI=1S/C30H34ClF2N3O3/c1-38-28-17-26(34)25(31)16-24(28)30(37)35-27-13-15-36(18-29(27)39-2)14-3-4-23(19-5-9-21(32)10-6-19)20-7-11-22(33)12-8-20/h5-12,16-17,23,27,29H,3-4,13-15,18,34H2,1-2H3,(H,35,37)/t27-,29-/m1/s1. The van der Waals surface area contributed by atoms with Crippen molar-refractivity contribution >= 4 is 23.2 Å². The highest BCUT2D eigenvalue weighted by Crippen LogP contribution is 2.31. The maximum absolute atomic E-state index is 13.5. The smallest absolute Gasteiger partial charge is 0.255 e. The quantitative estimate of drug-likeness (QED) is 0.315. The number of methoxy groups -OCH3 is 2. The number of nitrogens with zero attached hydrogens (tertiary/aromatic N) is 1. The van der Waals surface area contributed by atoms with E-state index in [0.29, 0.717) is 35.0 Å². The first-order valence-electron chi connectivity index (χ1n) is 13.0. The third kappa shape index (κ3) is 7.26. The lowest BCUT2D eigenvalue weighted by molar-refractivity contribution is 0.00593. The molecule has 1 fully saturated rings. The molecule has 4 rings (SSSR count). The number of hydrogen-bond donors (Lipinski definition) is 2. The van der Waals surface area contributed by atoms with Crippen molar-refractivity contribution in [3.63, 3.8) is 0 Å². The fourth-order valence-corrected chi connectivity index (χ4v) is 5.35. The average Bonchev–Trinajstić information content (AvgIpc) is 2.94. The SMILES string of the molecule is COc1cc(N)c(Cl)cc1C(=O)N[C@@H]1CCN(CCCC(c2ccc(F)cc2)c2ccc(F)cc2)C[C@H]1OC. The molecule has 1 aliphatic heterocycles. The summed E-state index contributed by atoms with van der Waals surface area (Å²) in [6.07, 6.45) is 2.23. The van der Waals surface area contributed by atoms with E-state index in [1.807, 2.05) is 0 Å². The van der Waals surface area contributed by atoms with Crippen molar-refractivity contribution < 1.29 is 23.0 Å². The van der Waals surface area contributed by atoms with E-state index in [4.69, 9.17) is 26.8 Å². The Morgan fingerprint density at radius 1 is 1.08 bits per heavy atom. The number of carbonyl (C=O) groups is 1. The molecule has 6 nitrogen and oxygen atoms in total. The van der Waals surface area contributed by atoms with Crippen LogP contribution in [0.2, 0.25) is 5.02 Å². The summed E-state index contributed by atoms with van der Waals surface area (Å²) in [5, 5.41) is 3.36. The van der Waals surface area contributed by atoms with Crippen LogP contribution in [0.1, 0.15) is 46.7 Å². The molecule has 208 valence electrons. The zero-order chi connectivity index (χ0) is 27.9. The second kappa shape index (κ2) is 13.2. The van der Waals surface area contributed by atoms with E-state index in [-0.39, 0.29) is 35.6 Å². The first-order chi connectivity index (χ1) is 18.8. The fraction of sp³-hybridized carbons (Fsp3) is 0.367. The Bertz CT molecular complexity index is 1210. The van der Waals surface area contributed by atoms with E-state index in [0.717, 1.165) is 37.1 Å². The second-order valence-electron chi connectivity index (χ2n) is 9.82. The number of amides is 1. The first kappa shape index (κ1) is 28.8. The topological polar surface area (TPSA) is 76.8 Å². The molecule has 39 heavy (non-hydrogen) atoms. The molecule has 0 radical (unpaired) electrons. The molecule has 1 aliphatic rings. The van der Waals surface area contributed by atoms with Crippen LogP contribution in [0.15, 0.2) is 60.7 Å². The van der Waals surface area contributed by atoms with Gasteiger partial charge in [0.1, 0.15) is 17.4 Å². The number of ether oxygens (including phenoxy) is 2. The van der Waals surface area contributed by atoms with Gasteiger partial charge in [0.05, 0.1) is 35.5 Å². The molecule has 0 aliphatic carbocycles. The number of hydrogen-bond acceptors (Lipinski definition) is 5. The average molecular weight is 558 g/mol. The molecule has 1 amide bonds. The van der Waals surface area contributed by atoms with E-state index in [9.17, 15) is 13.6 Å². The molecule has 3 aromatic rings. The van der Waals surface area contributed by atoms with Crippen LogP contribution >= 0.6 is 11.6 Å². The first-order valence-corrected chi connectivity index (χ1v) is 13.4. The second-order valence-corrected chi connectivity index (χ2v) is 10.2. The number of piperidine rings is 1. The molecular weight excluding hydrogens is 524 g/mol. The Morgan fingerprint density at radius 3 is 2.26 bits per heavy atom. The molecule has 9 heteroatoms. The van der Waals surface area contributed by atoms with Crippen LogP contribution in [0.5, 0.6) is 5.75 Å². The lowest BCUT2D eigenvalue weighted by Crippen LogP contribution is -2.54. The third-order valence-electron chi connectivity index (χ3n) is 7.34. The van der Waals surface area contributed by atoms with E-state index in [1.54, 1.807) is 37.4 Å². The van der Waals surface area contributed by atoms with E-state index >= 15 is 0 Å². The van der Waals surface area contributed by atoms with Gasteiger partial charge in [0.25, 0.3) is 5.91 Å². The minimum atomic E-state index is -0.296.